The molecule has 0 spiro atoms. The smallest absolute Gasteiger partial charge is 0.269 e. The van der Waals surface area contributed by atoms with E-state index in [1.165, 1.54) is 23.5 Å². The van der Waals surface area contributed by atoms with E-state index in [-0.39, 0.29) is 15.8 Å². The van der Waals surface area contributed by atoms with Gasteiger partial charge in [0.25, 0.3) is 5.91 Å². The van der Waals surface area contributed by atoms with Crippen LogP contribution in [0.15, 0.2) is 59.5 Å². The Morgan fingerprint density at radius 3 is 2.46 bits per heavy atom. The lowest BCUT2D eigenvalue weighted by Gasteiger charge is -2.01. The van der Waals surface area contributed by atoms with Gasteiger partial charge < -0.3 is 0 Å². The van der Waals surface area contributed by atoms with Crippen molar-refractivity contribution >= 4 is 65.2 Å². The number of amides is 1. The van der Waals surface area contributed by atoms with Gasteiger partial charge in [0.05, 0.1) is 9.92 Å². The summed E-state index contributed by atoms with van der Waals surface area (Å²) in [5.74, 6) is -0.686. The summed E-state index contributed by atoms with van der Waals surface area (Å²) in [4.78, 5) is 13.1. The summed E-state index contributed by atoms with van der Waals surface area (Å²) in [5.41, 5.74) is 0. The quantitative estimate of drug-likeness (QED) is 0.479. The number of aromatic nitrogens is 2. The van der Waals surface area contributed by atoms with Gasteiger partial charge in [0.2, 0.25) is 5.13 Å². The Balaban J connectivity index is 1.52. The Morgan fingerprint density at radius 2 is 1.71 bits per heavy atom. The van der Waals surface area contributed by atoms with Gasteiger partial charge in [-0.25, -0.2) is 8.42 Å². The molecule has 0 unspecified atom stereocenters. The third-order valence-electron chi connectivity index (χ3n) is 3.84. The number of nitrogens with zero attached hydrogens (tertiary/aromatic N) is 2. The summed E-state index contributed by atoms with van der Waals surface area (Å²) in [6.45, 7) is 0. The number of nitrogens with one attached hydrogen (secondary N) is 1. The molecule has 6 nitrogen and oxygen atoms in total. The predicted molar refractivity (Wildman–Crippen MR) is 112 cm³/mol. The van der Waals surface area contributed by atoms with Crippen LogP contribution in [0.2, 0.25) is 5.02 Å². The number of halogens is 1. The minimum Gasteiger partial charge on any atom is -0.296 e. The molecule has 0 atom stereocenters. The van der Waals surface area contributed by atoms with Gasteiger partial charge in [-0.15, -0.1) is 21.5 Å². The highest BCUT2D eigenvalue weighted by Crippen LogP contribution is 2.35. The first kappa shape index (κ1) is 19.0. The number of fused-ring (bicyclic) bond motifs is 1. The third-order valence-corrected chi connectivity index (χ3v) is 8.18. The van der Waals surface area contributed by atoms with Gasteiger partial charge in [0.1, 0.15) is 15.6 Å². The summed E-state index contributed by atoms with van der Waals surface area (Å²) in [5, 5.41) is 12.1. The lowest BCUT2D eigenvalue weighted by Crippen LogP contribution is -2.10. The summed E-state index contributed by atoms with van der Waals surface area (Å²) in [7, 11) is -3.53. The van der Waals surface area contributed by atoms with Gasteiger partial charge in [-0.05, 0) is 18.2 Å². The van der Waals surface area contributed by atoms with E-state index in [0.717, 1.165) is 21.4 Å². The molecule has 10 heteroatoms. The van der Waals surface area contributed by atoms with Crippen LogP contribution in [-0.4, -0.2) is 24.5 Å². The Labute approximate surface area is 173 Å². The van der Waals surface area contributed by atoms with E-state index < -0.39 is 15.7 Å². The van der Waals surface area contributed by atoms with Crippen LogP contribution in [0.5, 0.6) is 0 Å². The second-order valence-corrected chi connectivity index (χ2v) is 10.3. The minimum atomic E-state index is -3.53. The van der Waals surface area contributed by atoms with Crippen LogP contribution in [0, 0.1) is 0 Å². The van der Waals surface area contributed by atoms with Crippen molar-refractivity contribution in [1.29, 1.82) is 0 Å². The Morgan fingerprint density at radius 1 is 1.00 bits per heavy atom. The van der Waals surface area contributed by atoms with Crippen molar-refractivity contribution in [3.63, 3.8) is 0 Å². The lowest BCUT2D eigenvalue weighted by molar-refractivity contribution is 0.103. The molecule has 28 heavy (non-hydrogen) atoms. The molecule has 0 saturated carbocycles. The molecular weight excluding hydrogens is 438 g/mol. The number of sulfone groups is 1. The van der Waals surface area contributed by atoms with E-state index >= 15 is 0 Å². The van der Waals surface area contributed by atoms with Crippen LogP contribution in [-0.2, 0) is 15.6 Å². The largest absolute Gasteiger partial charge is 0.296 e. The molecule has 0 radical (unpaired) electrons. The molecule has 1 amide bonds. The highest BCUT2D eigenvalue weighted by molar-refractivity contribution is 7.90. The number of rotatable bonds is 5. The molecule has 0 aliphatic carbocycles. The predicted octanol–water partition coefficient (Wildman–Crippen LogP) is 4.63. The van der Waals surface area contributed by atoms with Gasteiger partial charge in [-0.1, -0.05) is 59.3 Å². The molecule has 0 fully saturated rings. The molecule has 0 aliphatic heterocycles. The maximum Gasteiger partial charge on any atom is 0.269 e. The van der Waals surface area contributed by atoms with Crippen molar-refractivity contribution in [2.24, 2.45) is 0 Å². The standard InChI is InChI=1S/C18H12ClN3O3S3/c19-15-12-8-4-5-9-13(12)26-16(15)17(23)20-18-22-21-14(27-18)10-28(24,25)11-6-2-1-3-7-11/h1-9H,10H2,(H,20,22,23). The molecule has 0 bridgehead atoms. The number of benzene rings is 2. The summed E-state index contributed by atoms with van der Waals surface area (Å²) >= 11 is 8.62. The van der Waals surface area contributed by atoms with Gasteiger partial charge in [0.15, 0.2) is 9.84 Å². The summed E-state index contributed by atoms with van der Waals surface area (Å²) < 4.78 is 25.8. The maximum absolute atomic E-state index is 12.6. The molecule has 4 aromatic rings. The van der Waals surface area contributed by atoms with Crippen LogP contribution in [0.3, 0.4) is 0 Å². The first-order chi connectivity index (χ1) is 13.4. The highest BCUT2D eigenvalue weighted by atomic mass is 35.5. The van der Waals surface area contributed by atoms with Crippen molar-refractivity contribution in [3.05, 3.63) is 69.5 Å². The van der Waals surface area contributed by atoms with Crippen molar-refractivity contribution in [3.8, 4) is 0 Å². The molecule has 1 N–H and O–H groups in total. The molecule has 2 aromatic carbocycles. The van der Waals surface area contributed by atoms with E-state index in [1.54, 1.807) is 18.2 Å². The van der Waals surface area contributed by atoms with Gasteiger partial charge >= 0.3 is 0 Å². The highest BCUT2D eigenvalue weighted by Gasteiger charge is 2.21. The van der Waals surface area contributed by atoms with E-state index in [2.05, 4.69) is 15.5 Å². The Bertz CT molecular complexity index is 1270. The van der Waals surface area contributed by atoms with Gasteiger partial charge in [0, 0.05) is 10.1 Å². The fraction of sp³-hybridized carbons (Fsp3) is 0.0556. The minimum absolute atomic E-state index is 0.216. The molecular formula is C18H12ClN3O3S3. The number of hydrogen-bond acceptors (Lipinski definition) is 7. The van der Waals surface area contributed by atoms with Crippen LogP contribution >= 0.6 is 34.3 Å². The fourth-order valence-electron chi connectivity index (χ4n) is 2.55. The van der Waals surface area contributed by atoms with Crippen molar-refractivity contribution < 1.29 is 13.2 Å². The normalized spacial score (nSPS) is 11.6. The number of hydrogen-bond donors (Lipinski definition) is 1. The maximum atomic E-state index is 12.6. The number of carbonyl (C=O) groups is 1. The van der Waals surface area contributed by atoms with Crippen molar-refractivity contribution in [2.45, 2.75) is 10.6 Å². The molecule has 2 heterocycles. The summed E-state index contributed by atoms with van der Waals surface area (Å²) in [6.07, 6.45) is 0. The second-order valence-electron chi connectivity index (χ2n) is 5.77. The summed E-state index contributed by atoms with van der Waals surface area (Å²) in [6, 6.07) is 15.6. The topological polar surface area (TPSA) is 89.0 Å². The zero-order valence-electron chi connectivity index (χ0n) is 14.1. The van der Waals surface area contributed by atoms with E-state index in [1.807, 2.05) is 24.3 Å². The zero-order chi connectivity index (χ0) is 19.7. The van der Waals surface area contributed by atoms with E-state index in [4.69, 9.17) is 11.6 Å². The average molecular weight is 450 g/mol. The number of carbonyl (C=O) groups excluding carboxylic acids is 1. The van der Waals surface area contributed by atoms with Gasteiger partial charge in [-0.3, -0.25) is 10.1 Å². The molecule has 4 rings (SSSR count). The average Bonchev–Trinajstić information content (AvgIpc) is 3.26. The number of thiophene rings is 1. The van der Waals surface area contributed by atoms with Crippen LogP contribution < -0.4 is 5.32 Å². The van der Waals surface area contributed by atoms with Crippen LogP contribution in [0.4, 0.5) is 5.13 Å². The SMILES string of the molecule is O=C(Nc1nnc(CS(=O)(=O)c2ccccc2)s1)c1sc2ccccc2c1Cl. The third kappa shape index (κ3) is 3.79. The van der Waals surface area contributed by atoms with Crippen LogP contribution in [0.1, 0.15) is 14.7 Å². The van der Waals surface area contributed by atoms with Crippen molar-refractivity contribution in [2.75, 3.05) is 5.32 Å². The molecule has 142 valence electrons. The molecule has 0 saturated heterocycles. The van der Waals surface area contributed by atoms with Crippen LogP contribution in [0.25, 0.3) is 10.1 Å². The zero-order valence-corrected chi connectivity index (χ0v) is 17.3. The second kappa shape index (κ2) is 7.59. The molecule has 2 aromatic heterocycles. The van der Waals surface area contributed by atoms with E-state index in [0.29, 0.717) is 14.9 Å². The lowest BCUT2D eigenvalue weighted by atomic mass is 10.2. The first-order valence-corrected chi connectivity index (χ1v) is 11.7. The van der Waals surface area contributed by atoms with Crippen molar-refractivity contribution in [1.82, 2.24) is 10.2 Å². The fourth-order valence-corrected chi connectivity index (χ4v) is 6.32. The van der Waals surface area contributed by atoms with E-state index in [9.17, 15) is 13.2 Å². The molecule has 0 aliphatic rings. The van der Waals surface area contributed by atoms with Gasteiger partial charge in [-0.2, -0.15) is 0 Å². The Hall–Kier alpha value is -2.33. The monoisotopic (exact) mass is 449 g/mol. The Kier molecular flexibility index (Phi) is 5.15. The number of anilines is 1. The first-order valence-electron chi connectivity index (χ1n) is 8.02.